The van der Waals surface area contributed by atoms with Gasteiger partial charge in [0.2, 0.25) is 0 Å². The first-order valence-corrected chi connectivity index (χ1v) is 10.9. The summed E-state index contributed by atoms with van der Waals surface area (Å²) in [6.07, 6.45) is -0.614. The fourth-order valence-corrected chi connectivity index (χ4v) is 3.95. The molecule has 1 N–H and O–H groups in total. The van der Waals surface area contributed by atoms with Crippen molar-refractivity contribution in [2.24, 2.45) is 0 Å². The van der Waals surface area contributed by atoms with Gasteiger partial charge in [0.15, 0.2) is 0 Å². The lowest BCUT2D eigenvalue weighted by Crippen LogP contribution is -2.28. The molecule has 29 heavy (non-hydrogen) atoms. The molecule has 0 unspecified atom stereocenters. The molecule has 1 amide bonds. The molecule has 0 aromatic heterocycles. The van der Waals surface area contributed by atoms with Crippen LogP contribution in [0.25, 0.3) is 0 Å². The molecule has 0 spiro atoms. The Morgan fingerprint density at radius 1 is 0.759 bits per heavy atom. The van der Waals surface area contributed by atoms with E-state index < -0.39 is 13.7 Å². The van der Waals surface area contributed by atoms with Crippen molar-refractivity contribution >= 4 is 13.7 Å². The van der Waals surface area contributed by atoms with Gasteiger partial charge >= 0.3 is 13.7 Å². The van der Waals surface area contributed by atoms with E-state index in [1.807, 2.05) is 42.5 Å². The SMILES string of the molecule is O=C(NCCP(=O)(Oc1ccccc1)Oc1ccccc1)OCc1ccccc1. The van der Waals surface area contributed by atoms with Gasteiger partial charge < -0.3 is 19.1 Å². The van der Waals surface area contributed by atoms with Crippen molar-refractivity contribution in [2.45, 2.75) is 6.61 Å². The van der Waals surface area contributed by atoms with Gasteiger partial charge in [0.1, 0.15) is 18.1 Å². The zero-order valence-corrected chi connectivity index (χ0v) is 16.7. The molecular formula is C22H22NO5P. The summed E-state index contributed by atoms with van der Waals surface area (Å²) in [6, 6.07) is 26.9. The van der Waals surface area contributed by atoms with Crippen LogP contribution in [0.2, 0.25) is 0 Å². The van der Waals surface area contributed by atoms with Gasteiger partial charge in [-0.1, -0.05) is 66.7 Å². The predicted molar refractivity (Wildman–Crippen MR) is 111 cm³/mol. The molecule has 0 aliphatic heterocycles. The van der Waals surface area contributed by atoms with Crippen LogP contribution in [0.3, 0.4) is 0 Å². The molecular weight excluding hydrogens is 389 g/mol. The van der Waals surface area contributed by atoms with Gasteiger partial charge in [-0.25, -0.2) is 9.36 Å². The van der Waals surface area contributed by atoms with Gasteiger partial charge in [0.25, 0.3) is 0 Å². The highest BCUT2D eigenvalue weighted by molar-refractivity contribution is 7.54. The molecule has 0 aliphatic rings. The van der Waals surface area contributed by atoms with E-state index in [0.29, 0.717) is 11.5 Å². The Kier molecular flexibility index (Phi) is 7.31. The molecule has 7 heteroatoms. The topological polar surface area (TPSA) is 73.9 Å². The third kappa shape index (κ3) is 7.01. The number of ether oxygens (including phenoxy) is 1. The number of carbonyl (C=O) groups is 1. The molecule has 3 aromatic carbocycles. The molecule has 0 saturated heterocycles. The number of alkyl carbamates (subject to hydrolysis) is 1. The molecule has 150 valence electrons. The maximum atomic E-state index is 13.3. The summed E-state index contributed by atoms with van der Waals surface area (Å²) in [6.45, 7) is 0.232. The first kappa shape index (κ1) is 20.5. The van der Waals surface area contributed by atoms with Crippen LogP contribution >= 0.6 is 7.60 Å². The molecule has 3 aromatic rings. The first-order valence-electron chi connectivity index (χ1n) is 9.16. The second-order valence-electron chi connectivity index (χ2n) is 6.13. The zero-order valence-electron chi connectivity index (χ0n) is 15.8. The van der Waals surface area contributed by atoms with E-state index >= 15 is 0 Å². The van der Waals surface area contributed by atoms with Crippen LogP contribution in [0.5, 0.6) is 11.5 Å². The normalized spacial score (nSPS) is 10.8. The molecule has 0 saturated carbocycles. The summed E-state index contributed by atoms with van der Waals surface area (Å²) in [4.78, 5) is 11.9. The third-order valence-electron chi connectivity index (χ3n) is 3.84. The van der Waals surface area contributed by atoms with Gasteiger partial charge in [0.05, 0.1) is 6.16 Å². The minimum Gasteiger partial charge on any atom is -0.445 e. The number of para-hydroxylation sites is 2. The van der Waals surface area contributed by atoms with Crippen molar-refractivity contribution in [2.75, 3.05) is 12.7 Å². The molecule has 6 nitrogen and oxygen atoms in total. The van der Waals surface area contributed by atoms with Crippen molar-refractivity contribution in [1.29, 1.82) is 0 Å². The van der Waals surface area contributed by atoms with Gasteiger partial charge in [0, 0.05) is 6.54 Å². The fraction of sp³-hybridized carbons (Fsp3) is 0.136. The Hall–Kier alpha value is -3.24. The predicted octanol–water partition coefficient (Wildman–Crippen LogP) is 5.26. The maximum Gasteiger partial charge on any atom is 0.432 e. The molecule has 0 heterocycles. The van der Waals surface area contributed by atoms with Crippen LogP contribution < -0.4 is 14.4 Å². The Labute approximate surface area is 170 Å². The Bertz CT molecular complexity index is 890. The van der Waals surface area contributed by atoms with Crippen LogP contribution in [-0.2, 0) is 15.9 Å². The van der Waals surface area contributed by atoms with E-state index in [1.54, 1.807) is 48.5 Å². The Morgan fingerprint density at radius 3 is 1.76 bits per heavy atom. The zero-order chi connectivity index (χ0) is 20.4. The smallest absolute Gasteiger partial charge is 0.432 e. The Balaban J connectivity index is 1.56. The van der Waals surface area contributed by atoms with Crippen LogP contribution in [-0.4, -0.2) is 18.8 Å². The second kappa shape index (κ2) is 10.3. The summed E-state index contributed by atoms with van der Waals surface area (Å²) in [5.74, 6) is 0.858. The van der Waals surface area contributed by atoms with Gasteiger partial charge in [-0.05, 0) is 29.8 Å². The van der Waals surface area contributed by atoms with Crippen molar-refractivity contribution in [1.82, 2.24) is 5.32 Å². The summed E-state index contributed by atoms with van der Waals surface area (Å²) in [5.41, 5.74) is 0.883. The van der Waals surface area contributed by atoms with E-state index in [4.69, 9.17) is 13.8 Å². The van der Waals surface area contributed by atoms with E-state index in [9.17, 15) is 9.36 Å². The number of amides is 1. The largest absolute Gasteiger partial charge is 0.445 e. The van der Waals surface area contributed by atoms with Gasteiger partial charge in [-0.2, -0.15) is 0 Å². The number of nitrogens with one attached hydrogen (secondary N) is 1. The number of carbonyl (C=O) groups excluding carboxylic acids is 1. The monoisotopic (exact) mass is 411 g/mol. The van der Waals surface area contributed by atoms with Crippen LogP contribution in [0.15, 0.2) is 91.0 Å². The van der Waals surface area contributed by atoms with E-state index in [1.165, 1.54) is 0 Å². The summed E-state index contributed by atoms with van der Waals surface area (Å²) < 4.78 is 29.8. The minimum atomic E-state index is -3.57. The second-order valence-corrected chi connectivity index (χ2v) is 8.17. The standard InChI is InChI=1S/C22H22NO5P/c24-22(26-18-19-10-4-1-5-11-19)23-16-17-29(25,27-20-12-6-2-7-13-20)28-21-14-8-3-9-15-21/h1-15H,16-18H2,(H,23,24). The lowest BCUT2D eigenvalue weighted by Gasteiger charge is -2.20. The molecule has 0 radical (unpaired) electrons. The highest BCUT2D eigenvalue weighted by Crippen LogP contribution is 2.47. The maximum absolute atomic E-state index is 13.3. The summed E-state index contributed by atoms with van der Waals surface area (Å²) in [7, 11) is -3.57. The Morgan fingerprint density at radius 2 is 1.24 bits per heavy atom. The number of hydrogen-bond acceptors (Lipinski definition) is 5. The molecule has 3 rings (SSSR count). The average Bonchev–Trinajstić information content (AvgIpc) is 2.74. The number of benzene rings is 3. The summed E-state index contributed by atoms with van der Waals surface area (Å²) >= 11 is 0. The summed E-state index contributed by atoms with van der Waals surface area (Å²) in [5, 5.41) is 2.59. The van der Waals surface area contributed by atoms with Crippen LogP contribution in [0.1, 0.15) is 5.56 Å². The van der Waals surface area contributed by atoms with Crippen molar-refractivity contribution < 1.29 is 23.1 Å². The van der Waals surface area contributed by atoms with Crippen molar-refractivity contribution in [3.05, 3.63) is 96.6 Å². The lowest BCUT2D eigenvalue weighted by molar-refractivity contribution is 0.140. The quantitative estimate of drug-likeness (QED) is 0.486. The van der Waals surface area contributed by atoms with Crippen molar-refractivity contribution in [3.8, 4) is 11.5 Å². The van der Waals surface area contributed by atoms with E-state index in [-0.39, 0.29) is 19.3 Å². The van der Waals surface area contributed by atoms with Crippen LogP contribution in [0.4, 0.5) is 4.79 Å². The molecule has 0 atom stereocenters. The highest BCUT2D eigenvalue weighted by atomic mass is 31.2. The van der Waals surface area contributed by atoms with Crippen molar-refractivity contribution in [3.63, 3.8) is 0 Å². The van der Waals surface area contributed by atoms with E-state index in [2.05, 4.69) is 5.32 Å². The minimum absolute atomic E-state index is 0.0166. The number of rotatable bonds is 9. The fourth-order valence-electron chi connectivity index (χ4n) is 2.46. The first-order chi connectivity index (χ1) is 14.1. The highest BCUT2D eigenvalue weighted by Gasteiger charge is 2.28. The number of hydrogen-bond donors (Lipinski definition) is 1. The lowest BCUT2D eigenvalue weighted by atomic mass is 10.2. The van der Waals surface area contributed by atoms with Gasteiger partial charge in [-0.3, -0.25) is 0 Å². The van der Waals surface area contributed by atoms with Crippen LogP contribution in [0, 0.1) is 0 Å². The molecule has 0 fully saturated rings. The van der Waals surface area contributed by atoms with Gasteiger partial charge in [-0.15, -0.1) is 0 Å². The molecule has 0 aliphatic carbocycles. The average molecular weight is 411 g/mol. The molecule has 0 bridgehead atoms. The third-order valence-corrected chi connectivity index (χ3v) is 5.59. The van der Waals surface area contributed by atoms with E-state index in [0.717, 1.165) is 5.56 Å².